The maximum Gasteiger partial charge on any atom is 0.250 e. The Morgan fingerprint density at radius 2 is 1.96 bits per heavy atom. The first-order valence-electron chi connectivity index (χ1n) is 9.52. The minimum absolute atomic E-state index is 0.147. The average molecular weight is 373 g/mol. The molecule has 1 unspecified atom stereocenters. The molecule has 0 aliphatic carbocycles. The standard InChI is InChI=1S/C20H27N3O4/c1-4-13(3)18(24)22-15-11-27-17-10-9-16(23(17)20(15)26)19(25)21-14-7-5-12(2)6-8-14/h5-8,13,15-17H,4,9-11H2,1-3H3,(H,21,25)(H,22,24)/t13-,15+,16?,17+/m1/s1. The molecule has 2 saturated heterocycles. The Morgan fingerprint density at radius 1 is 1.26 bits per heavy atom. The zero-order valence-corrected chi connectivity index (χ0v) is 16.0. The van der Waals surface area contributed by atoms with Gasteiger partial charge in [0.1, 0.15) is 18.3 Å². The van der Waals surface area contributed by atoms with Gasteiger partial charge >= 0.3 is 0 Å². The molecule has 7 nitrogen and oxygen atoms in total. The van der Waals surface area contributed by atoms with Crippen molar-refractivity contribution in [1.29, 1.82) is 0 Å². The lowest BCUT2D eigenvalue weighted by molar-refractivity contribution is -0.166. The molecule has 1 aromatic rings. The molecule has 27 heavy (non-hydrogen) atoms. The van der Waals surface area contributed by atoms with Crippen LogP contribution in [0.25, 0.3) is 0 Å². The maximum absolute atomic E-state index is 12.9. The van der Waals surface area contributed by atoms with Gasteiger partial charge in [-0.3, -0.25) is 14.4 Å². The first-order chi connectivity index (χ1) is 12.9. The predicted octanol–water partition coefficient (Wildman–Crippen LogP) is 1.81. The van der Waals surface area contributed by atoms with Crippen LogP contribution in [0.2, 0.25) is 0 Å². The van der Waals surface area contributed by atoms with Gasteiger partial charge in [0.15, 0.2) is 0 Å². The fourth-order valence-electron chi connectivity index (χ4n) is 3.42. The number of amides is 3. The number of ether oxygens (including phenoxy) is 1. The molecule has 1 aromatic carbocycles. The van der Waals surface area contributed by atoms with Crippen LogP contribution in [0.4, 0.5) is 5.69 Å². The van der Waals surface area contributed by atoms with Crippen molar-refractivity contribution in [2.24, 2.45) is 5.92 Å². The Hall–Kier alpha value is -2.41. The molecule has 0 bridgehead atoms. The molecule has 4 atom stereocenters. The number of benzene rings is 1. The zero-order chi connectivity index (χ0) is 19.6. The van der Waals surface area contributed by atoms with Gasteiger partial charge in [-0.2, -0.15) is 0 Å². The summed E-state index contributed by atoms with van der Waals surface area (Å²) in [7, 11) is 0. The molecule has 0 radical (unpaired) electrons. The van der Waals surface area contributed by atoms with Gasteiger partial charge < -0.3 is 20.3 Å². The second-order valence-electron chi connectivity index (χ2n) is 7.35. The Morgan fingerprint density at radius 3 is 2.63 bits per heavy atom. The fraction of sp³-hybridized carbons (Fsp3) is 0.550. The van der Waals surface area contributed by atoms with E-state index >= 15 is 0 Å². The van der Waals surface area contributed by atoms with Gasteiger partial charge in [-0.1, -0.05) is 31.5 Å². The highest BCUT2D eigenvalue weighted by Crippen LogP contribution is 2.30. The van der Waals surface area contributed by atoms with Crippen molar-refractivity contribution in [1.82, 2.24) is 10.2 Å². The lowest BCUT2D eigenvalue weighted by atomic mass is 10.1. The molecule has 2 aliphatic heterocycles. The molecule has 2 heterocycles. The number of nitrogens with one attached hydrogen (secondary N) is 2. The number of aryl methyl sites for hydroxylation is 1. The third-order valence-corrected chi connectivity index (χ3v) is 5.34. The monoisotopic (exact) mass is 373 g/mol. The highest BCUT2D eigenvalue weighted by molar-refractivity contribution is 5.99. The highest BCUT2D eigenvalue weighted by Gasteiger charge is 2.47. The Kier molecular flexibility index (Phi) is 5.79. The molecule has 0 saturated carbocycles. The lowest BCUT2D eigenvalue weighted by Gasteiger charge is -2.37. The van der Waals surface area contributed by atoms with Crippen molar-refractivity contribution in [2.45, 2.75) is 58.3 Å². The lowest BCUT2D eigenvalue weighted by Crippen LogP contribution is -2.61. The van der Waals surface area contributed by atoms with E-state index in [1.165, 1.54) is 4.90 Å². The Balaban J connectivity index is 1.68. The maximum atomic E-state index is 12.9. The van der Waals surface area contributed by atoms with E-state index in [-0.39, 0.29) is 30.2 Å². The molecule has 0 aromatic heterocycles. The van der Waals surface area contributed by atoms with E-state index in [4.69, 9.17) is 4.74 Å². The summed E-state index contributed by atoms with van der Waals surface area (Å²) in [5.41, 5.74) is 1.80. The summed E-state index contributed by atoms with van der Waals surface area (Å²) in [6, 6.07) is 6.18. The zero-order valence-electron chi connectivity index (χ0n) is 16.0. The quantitative estimate of drug-likeness (QED) is 0.824. The Labute approximate surface area is 159 Å². The minimum atomic E-state index is -0.740. The summed E-state index contributed by atoms with van der Waals surface area (Å²) in [4.78, 5) is 39.3. The Bertz CT molecular complexity index is 718. The van der Waals surface area contributed by atoms with Gasteiger partial charge in [-0.05, 0) is 38.3 Å². The van der Waals surface area contributed by atoms with E-state index < -0.39 is 18.3 Å². The van der Waals surface area contributed by atoms with Crippen LogP contribution in [0, 0.1) is 12.8 Å². The molecule has 2 aliphatic rings. The second-order valence-corrected chi connectivity index (χ2v) is 7.35. The summed E-state index contributed by atoms with van der Waals surface area (Å²) in [5.74, 6) is -0.816. The van der Waals surface area contributed by atoms with Crippen LogP contribution in [0.5, 0.6) is 0 Å². The molecule has 146 valence electrons. The normalized spacial score (nSPS) is 25.7. The van der Waals surface area contributed by atoms with Crippen molar-refractivity contribution in [3.05, 3.63) is 29.8 Å². The molecule has 2 fully saturated rings. The first kappa shape index (κ1) is 19.4. The van der Waals surface area contributed by atoms with Crippen LogP contribution >= 0.6 is 0 Å². The summed E-state index contributed by atoms with van der Waals surface area (Å²) in [6.45, 7) is 5.87. The molecular weight excluding hydrogens is 346 g/mol. The van der Waals surface area contributed by atoms with Crippen LogP contribution in [-0.4, -0.2) is 47.5 Å². The molecular formula is C20H27N3O4. The number of nitrogens with zero attached hydrogens (tertiary/aromatic N) is 1. The van der Waals surface area contributed by atoms with E-state index in [2.05, 4.69) is 10.6 Å². The van der Waals surface area contributed by atoms with Crippen LogP contribution < -0.4 is 10.6 Å². The highest BCUT2D eigenvalue weighted by atomic mass is 16.5. The van der Waals surface area contributed by atoms with Crippen LogP contribution in [0.15, 0.2) is 24.3 Å². The third kappa shape index (κ3) is 4.13. The smallest absolute Gasteiger partial charge is 0.250 e. The SMILES string of the molecule is CC[C@@H](C)C(=O)N[C@H]1CO[C@H]2CCC(C(=O)Nc3ccc(C)cc3)N2C1=O. The van der Waals surface area contributed by atoms with E-state index in [0.717, 1.165) is 5.56 Å². The third-order valence-electron chi connectivity index (χ3n) is 5.34. The average Bonchev–Trinajstić information content (AvgIpc) is 3.10. The van der Waals surface area contributed by atoms with Crippen LogP contribution in [0.1, 0.15) is 38.7 Å². The van der Waals surface area contributed by atoms with E-state index in [1.54, 1.807) is 0 Å². The number of hydrogen-bond donors (Lipinski definition) is 2. The summed E-state index contributed by atoms with van der Waals surface area (Å²) in [6.07, 6.45) is 1.45. The number of anilines is 1. The van der Waals surface area contributed by atoms with E-state index in [9.17, 15) is 14.4 Å². The minimum Gasteiger partial charge on any atom is -0.356 e. The van der Waals surface area contributed by atoms with Gasteiger partial charge in [0.05, 0.1) is 6.61 Å². The van der Waals surface area contributed by atoms with E-state index in [0.29, 0.717) is 24.9 Å². The molecule has 2 N–H and O–H groups in total. The molecule has 0 spiro atoms. The van der Waals surface area contributed by atoms with Gasteiger partial charge in [-0.25, -0.2) is 0 Å². The van der Waals surface area contributed by atoms with Crippen molar-refractivity contribution < 1.29 is 19.1 Å². The predicted molar refractivity (Wildman–Crippen MR) is 101 cm³/mol. The number of carbonyl (C=O) groups excluding carboxylic acids is 3. The fourth-order valence-corrected chi connectivity index (χ4v) is 3.42. The van der Waals surface area contributed by atoms with Gasteiger partial charge in [-0.15, -0.1) is 0 Å². The van der Waals surface area contributed by atoms with Gasteiger partial charge in [0, 0.05) is 11.6 Å². The van der Waals surface area contributed by atoms with Gasteiger partial charge in [0.2, 0.25) is 17.7 Å². The summed E-state index contributed by atoms with van der Waals surface area (Å²) < 4.78 is 5.76. The van der Waals surface area contributed by atoms with Crippen molar-refractivity contribution >= 4 is 23.4 Å². The summed E-state index contributed by atoms with van der Waals surface area (Å²) in [5, 5.41) is 5.63. The number of fused-ring (bicyclic) bond motifs is 1. The number of hydrogen-bond acceptors (Lipinski definition) is 4. The topological polar surface area (TPSA) is 87.7 Å². The van der Waals surface area contributed by atoms with Crippen molar-refractivity contribution in [3.8, 4) is 0 Å². The largest absolute Gasteiger partial charge is 0.356 e. The van der Waals surface area contributed by atoms with Gasteiger partial charge in [0.25, 0.3) is 0 Å². The number of carbonyl (C=O) groups is 3. The molecule has 3 rings (SSSR count). The van der Waals surface area contributed by atoms with Crippen molar-refractivity contribution in [2.75, 3.05) is 11.9 Å². The first-order valence-corrected chi connectivity index (χ1v) is 9.52. The van der Waals surface area contributed by atoms with E-state index in [1.807, 2.05) is 45.0 Å². The summed E-state index contributed by atoms with van der Waals surface area (Å²) >= 11 is 0. The van der Waals surface area contributed by atoms with Crippen LogP contribution in [0.3, 0.4) is 0 Å². The van der Waals surface area contributed by atoms with Crippen molar-refractivity contribution in [3.63, 3.8) is 0 Å². The second kappa shape index (κ2) is 8.08. The number of rotatable bonds is 5. The molecule has 7 heteroatoms. The van der Waals surface area contributed by atoms with Crippen LogP contribution in [-0.2, 0) is 19.1 Å². The molecule has 3 amide bonds.